The molecule has 0 aliphatic carbocycles. The summed E-state index contributed by atoms with van der Waals surface area (Å²) in [6.07, 6.45) is 4.54. The van der Waals surface area contributed by atoms with Crippen LogP contribution in [0.1, 0.15) is 48.5 Å². The quantitative estimate of drug-likeness (QED) is 0.497. The second-order valence-corrected chi connectivity index (χ2v) is 7.24. The van der Waals surface area contributed by atoms with Gasteiger partial charge in [-0.1, -0.05) is 68.1 Å². The van der Waals surface area contributed by atoms with E-state index in [-0.39, 0.29) is 5.91 Å². The number of hydrogen-bond donors (Lipinski definition) is 1. The molecule has 3 aromatic rings. The highest BCUT2D eigenvalue weighted by Crippen LogP contribution is 2.30. The van der Waals surface area contributed by atoms with Crippen LogP contribution in [-0.2, 0) is 0 Å². The SMILES string of the molecule is CCCCCCNC(=O)c1c(C)c(-c2ccc(Cl)cc2)nc2ccccc12. The van der Waals surface area contributed by atoms with Gasteiger partial charge in [0.2, 0.25) is 0 Å². The Morgan fingerprint density at radius 1 is 1.04 bits per heavy atom. The zero-order valence-electron chi connectivity index (χ0n) is 15.9. The van der Waals surface area contributed by atoms with Gasteiger partial charge in [0, 0.05) is 22.5 Å². The molecule has 0 saturated carbocycles. The Morgan fingerprint density at radius 3 is 2.52 bits per heavy atom. The number of amides is 1. The fourth-order valence-corrected chi connectivity index (χ4v) is 3.46. The van der Waals surface area contributed by atoms with Gasteiger partial charge in [0.05, 0.1) is 16.8 Å². The van der Waals surface area contributed by atoms with Crippen molar-refractivity contribution in [3.8, 4) is 11.3 Å². The van der Waals surface area contributed by atoms with Crippen molar-refractivity contribution in [2.45, 2.75) is 39.5 Å². The van der Waals surface area contributed by atoms with Crippen LogP contribution in [0.4, 0.5) is 0 Å². The van der Waals surface area contributed by atoms with Crippen molar-refractivity contribution in [2.75, 3.05) is 6.54 Å². The number of carbonyl (C=O) groups excluding carboxylic acids is 1. The number of carbonyl (C=O) groups is 1. The summed E-state index contributed by atoms with van der Waals surface area (Å²) in [5, 5.41) is 4.66. The summed E-state index contributed by atoms with van der Waals surface area (Å²) in [7, 11) is 0. The predicted octanol–water partition coefficient (Wildman–Crippen LogP) is 6.17. The molecule has 1 amide bonds. The van der Waals surface area contributed by atoms with E-state index < -0.39 is 0 Å². The maximum atomic E-state index is 13.0. The van der Waals surface area contributed by atoms with E-state index in [9.17, 15) is 4.79 Å². The van der Waals surface area contributed by atoms with E-state index >= 15 is 0 Å². The zero-order valence-corrected chi connectivity index (χ0v) is 16.6. The topological polar surface area (TPSA) is 42.0 Å². The van der Waals surface area contributed by atoms with Crippen LogP contribution in [-0.4, -0.2) is 17.4 Å². The standard InChI is InChI=1S/C23H25ClN2O/c1-3-4-5-8-15-25-23(27)21-16(2)22(17-11-13-18(24)14-12-17)26-20-10-7-6-9-19(20)21/h6-7,9-14H,3-5,8,15H2,1-2H3,(H,25,27). The number of aromatic nitrogens is 1. The molecule has 1 N–H and O–H groups in total. The molecule has 0 aliphatic rings. The zero-order chi connectivity index (χ0) is 19.2. The first-order chi connectivity index (χ1) is 13.1. The summed E-state index contributed by atoms with van der Waals surface area (Å²) in [6, 6.07) is 15.4. The largest absolute Gasteiger partial charge is 0.352 e. The molecule has 0 saturated heterocycles. The van der Waals surface area contributed by atoms with Gasteiger partial charge in [0.15, 0.2) is 0 Å². The van der Waals surface area contributed by atoms with Crippen LogP contribution in [0, 0.1) is 6.92 Å². The molecule has 0 fully saturated rings. The first-order valence-electron chi connectivity index (χ1n) is 9.55. The van der Waals surface area contributed by atoms with Crippen LogP contribution in [0.2, 0.25) is 5.02 Å². The molecule has 2 aromatic carbocycles. The number of fused-ring (bicyclic) bond motifs is 1. The lowest BCUT2D eigenvalue weighted by Gasteiger charge is -2.15. The minimum absolute atomic E-state index is 0.0298. The second kappa shape index (κ2) is 9.01. The smallest absolute Gasteiger partial charge is 0.252 e. The Bertz CT molecular complexity index is 935. The average Bonchev–Trinajstić information content (AvgIpc) is 2.68. The summed E-state index contributed by atoms with van der Waals surface area (Å²) in [6.45, 7) is 4.85. The molecule has 0 bridgehead atoms. The normalized spacial score (nSPS) is 10.9. The van der Waals surface area contributed by atoms with E-state index in [0.29, 0.717) is 17.1 Å². The number of hydrogen-bond acceptors (Lipinski definition) is 2. The van der Waals surface area contributed by atoms with E-state index in [1.165, 1.54) is 12.8 Å². The minimum atomic E-state index is -0.0298. The Hall–Kier alpha value is -2.39. The maximum Gasteiger partial charge on any atom is 0.252 e. The van der Waals surface area contributed by atoms with Crippen molar-refractivity contribution in [2.24, 2.45) is 0 Å². The first kappa shape index (κ1) is 19.4. The van der Waals surface area contributed by atoms with Crippen LogP contribution < -0.4 is 5.32 Å². The maximum absolute atomic E-state index is 13.0. The van der Waals surface area contributed by atoms with E-state index in [0.717, 1.165) is 40.6 Å². The van der Waals surface area contributed by atoms with E-state index in [4.69, 9.17) is 16.6 Å². The average molecular weight is 381 g/mol. The molecule has 0 unspecified atom stereocenters. The number of nitrogens with zero attached hydrogens (tertiary/aromatic N) is 1. The van der Waals surface area contributed by atoms with Gasteiger partial charge in [-0.15, -0.1) is 0 Å². The van der Waals surface area contributed by atoms with Gasteiger partial charge in [-0.2, -0.15) is 0 Å². The highest BCUT2D eigenvalue weighted by molar-refractivity contribution is 6.30. The number of para-hydroxylation sites is 1. The lowest BCUT2D eigenvalue weighted by Crippen LogP contribution is -2.26. The molecule has 4 heteroatoms. The number of nitrogens with one attached hydrogen (secondary N) is 1. The van der Waals surface area contributed by atoms with Crippen molar-refractivity contribution in [3.05, 3.63) is 64.7 Å². The number of halogens is 1. The van der Waals surface area contributed by atoms with Crippen LogP contribution in [0.5, 0.6) is 0 Å². The number of rotatable bonds is 7. The molecule has 27 heavy (non-hydrogen) atoms. The predicted molar refractivity (Wildman–Crippen MR) is 113 cm³/mol. The molecule has 0 aliphatic heterocycles. The molecule has 3 rings (SSSR count). The van der Waals surface area contributed by atoms with E-state index in [1.54, 1.807) is 0 Å². The Morgan fingerprint density at radius 2 is 1.78 bits per heavy atom. The third-order valence-electron chi connectivity index (χ3n) is 4.80. The second-order valence-electron chi connectivity index (χ2n) is 6.80. The summed E-state index contributed by atoms with van der Waals surface area (Å²) in [5.41, 5.74) is 4.20. The lowest BCUT2D eigenvalue weighted by molar-refractivity contribution is 0.0954. The van der Waals surface area contributed by atoms with Gasteiger partial charge in [0.1, 0.15) is 0 Å². The highest BCUT2D eigenvalue weighted by atomic mass is 35.5. The lowest BCUT2D eigenvalue weighted by atomic mass is 9.97. The number of benzene rings is 2. The Kier molecular flexibility index (Phi) is 6.46. The number of pyridine rings is 1. The summed E-state index contributed by atoms with van der Waals surface area (Å²) < 4.78 is 0. The van der Waals surface area contributed by atoms with Gasteiger partial charge < -0.3 is 5.32 Å². The molecule has 140 valence electrons. The van der Waals surface area contributed by atoms with Crippen LogP contribution in [0.25, 0.3) is 22.2 Å². The van der Waals surface area contributed by atoms with E-state index in [1.807, 2.05) is 55.5 Å². The molecule has 3 nitrogen and oxygen atoms in total. The highest BCUT2D eigenvalue weighted by Gasteiger charge is 2.18. The molecule has 0 radical (unpaired) electrons. The van der Waals surface area contributed by atoms with Crippen molar-refractivity contribution in [1.82, 2.24) is 10.3 Å². The molecular weight excluding hydrogens is 356 g/mol. The fourth-order valence-electron chi connectivity index (χ4n) is 3.33. The monoisotopic (exact) mass is 380 g/mol. The Labute approximate surface area is 165 Å². The third-order valence-corrected chi connectivity index (χ3v) is 5.05. The van der Waals surface area contributed by atoms with Crippen molar-refractivity contribution >= 4 is 28.4 Å². The molecule has 1 aromatic heterocycles. The minimum Gasteiger partial charge on any atom is -0.352 e. The van der Waals surface area contributed by atoms with Gasteiger partial charge >= 0.3 is 0 Å². The summed E-state index contributed by atoms with van der Waals surface area (Å²) in [5.74, 6) is -0.0298. The van der Waals surface area contributed by atoms with Gasteiger partial charge in [-0.3, -0.25) is 4.79 Å². The Balaban J connectivity index is 1.98. The third kappa shape index (κ3) is 4.48. The van der Waals surface area contributed by atoms with Gasteiger partial charge in [-0.25, -0.2) is 4.98 Å². The number of unbranched alkanes of at least 4 members (excludes halogenated alkanes) is 3. The fraction of sp³-hybridized carbons (Fsp3) is 0.304. The van der Waals surface area contributed by atoms with Crippen LogP contribution >= 0.6 is 11.6 Å². The first-order valence-corrected chi connectivity index (χ1v) is 9.93. The van der Waals surface area contributed by atoms with Crippen molar-refractivity contribution in [3.63, 3.8) is 0 Å². The molecule has 0 spiro atoms. The van der Waals surface area contributed by atoms with Crippen molar-refractivity contribution < 1.29 is 4.79 Å². The summed E-state index contributed by atoms with van der Waals surface area (Å²) >= 11 is 6.02. The van der Waals surface area contributed by atoms with Gasteiger partial charge in [0.25, 0.3) is 5.91 Å². The molecular formula is C23H25ClN2O. The molecule has 1 heterocycles. The molecule has 0 atom stereocenters. The van der Waals surface area contributed by atoms with E-state index in [2.05, 4.69) is 12.2 Å². The van der Waals surface area contributed by atoms with Gasteiger partial charge in [-0.05, 0) is 37.1 Å². The van der Waals surface area contributed by atoms with Crippen LogP contribution in [0.15, 0.2) is 48.5 Å². The van der Waals surface area contributed by atoms with Crippen LogP contribution in [0.3, 0.4) is 0 Å². The van der Waals surface area contributed by atoms with Crippen molar-refractivity contribution in [1.29, 1.82) is 0 Å². The summed E-state index contributed by atoms with van der Waals surface area (Å²) in [4.78, 5) is 17.8.